The molecule has 3 aromatic rings. The van der Waals surface area contributed by atoms with Crippen molar-refractivity contribution in [2.75, 3.05) is 31.6 Å². The normalized spacial score (nSPS) is 17.2. The van der Waals surface area contributed by atoms with Crippen molar-refractivity contribution in [1.82, 2.24) is 8.87 Å². The molecular weight excluding hydrogens is 442 g/mol. The molecule has 2 aromatic carbocycles. The van der Waals surface area contributed by atoms with Crippen molar-refractivity contribution in [1.29, 1.82) is 0 Å². The number of aryl methyl sites for hydroxylation is 1. The molecule has 0 atom stereocenters. The van der Waals surface area contributed by atoms with Crippen molar-refractivity contribution in [3.05, 3.63) is 48.7 Å². The van der Waals surface area contributed by atoms with Gasteiger partial charge in [-0.3, -0.25) is 4.79 Å². The molecule has 0 saturated carbocycles. The van der Waals surface area contributed by atoms with Crippen LogP contribution in [0.5, 0.6) is 11.5 Å². The summed E-state index contributed by atoms with van der Waals surface area (Å²) in [5.74, 6) is 0.705. The minimum Gasteiger partial charge on any atom is -0.486 e. The molecule has 2 aliphatic rings. The molecule has 5 rings (SSSR count). The van der Waals surface area contributed by atoms with Gasteiger partial charge in [0.25, 0.3) is 0 Å². The molecule has 174 valence electrons. The highest BCUT2D eigenvalue weighted by Gasteiger charge is 2.33. The van der Waals surface area contributed by atoms with Crippen LogP contribution in [0.4, 0.5) is 5.69 Å². The Morgan fingerprint density at radius 2 is 1.79 bits per heavy atom. The van der Waals surface area contributed by atoms with Crippen molar-refractivity contribution in [2.24, 2.45) is 5.92 Å². The number of sulfonamides is 1. The maximum Gasteiger partial charge on any atom is 0.243 e. The Labute approximate surface area is 193 Å². The minimum absolute atomic E-state index is 0.0688. The molecule has 0 bridgehead atoms. The zero-order valence-corrected chi connectivity index (χ0v) is 19.3. The Bertz CT molecular complexity index is 1290. The summed E-state index contributed by atoms with van der Waals surface area (Å²) in [7, 11) is -3.66. The molecule has 2 aliphatic heterocycles. The van der Waals surface area contributed by atoms with Crippen molar-refractivity contribution in [3.8, 4) is 11.5 Å². The van der Waals surface area contributed by atoms with Crippen LogP contribution >= 0.6 is 0 Å². The van der Waals surface area contributed by atoms with Crippen LogP contribution in [0, 0.1) is 5.92 Å². The minimum atomic E-state index is -3.66. The lowest BCUT2D eigenvalue weighted by Crippen LogP contribution is -2.41. The summed E-state index contributed by atoms with van der Waals surface area (Å²) in [6.07, 6.45) is 2.99. The molecule has 33 heavy (non-hydrogen) atoms. The van der Waals surface area contributed by atoms with Gasteiger partial charge >= 0.3 is 0 Å². The van der Waals surface area contributed by atoms with E-state index in [-0.39, 0.29) is 16.7 Å². The van der Waals surface area contributed by atoms with Gasteiger partial charge in [0.2, 0.25) is 15.9 Å². The first-order valence-corrected chi connectivity index (χ1v) is 12.7. The third-order valence-electron chi connectivity index (χ3n) is 6.36. The molecule has 0 aliphatic carbocycles. The van der Waals surface area contributed by atoms with Gasteiger partial charge in [0.15, 0.2) is 11.5 Å². The molecule has 9 heteroatoms. The summed E-state index contributed by atoms with van der Waals surface area (Å²) in [5, 5.41) is 4.08. The van der Waals surface area contributed by atoms with Gasteiger partial charge in [-0.25, -0.2) is 8.42 Å². The number of ether oxygens (including phenoxy) is 2. The van der Waals surface area contributed by atoms with E-state index in [9.17, 15) is 13.2 Å². The SMILES string of the molecule is CCn1ccc2cc(NC(=O)C3CCN(S(=O)(=O)c4ccc5c(c4)OCCO5)CC3)ccc21. The number of aromatic nitrogens is 1. The van der Waals surface area contributed by atoms with Gasteiger partial charge in [-0.05, 0) is 56.2 Å². The van der Waals surface area contributed by atoms with Crippen molar-refractivity contribution in [3.63, 3.8) is 0 Å². The van der Waals surface area contributed by atoms with Crippen LogP contribution < -0.4 is 14.8 Å². The van der Waals surface area contributed by atoms with E-state index in [1.165, 1.54) is 10.4 Å². The number of carbonyl (C=O) groups is 1. The zero-order chi connectivity index (χ0) is 23.0. The number of rotatable bonds is 5. The highest BCUT2D eigenvalue weighted by molar-refractivity contribution is 7.89. The molecule has 1 N–H and O–H groups in total. The number of nitrogens with zero attached hydrogens (tertiary/aromatic N) is 2. The van der Waals surface area contributed by atoms with Gasteiger partial charge in [0.05, 0.1) is 4.90 Å². The van der Waals surface area contributed by atoms with Crippen molar-refractivity contribution >= 4 is 32.5 Å². The fraction of sp³-hybridized carbons (Fsp3) is 0.375. The Balaban J connectivity index is 1.22. The molecule has 1 aromatic heterocycles. The van der Waals surface area contributed by atoms with Gasteiger partial charge in [0, 0.05) is 54.4 Å². The van der Waals surface area contributed by atoms with E-state index < -0.39 is 10.0 Å². The second-order valence-electron chi connectivity index (χ2n) is 8.35. The molecular formula is C24H27N3O5S. The summed E-state index contributed by atoms with van der Waals surface area (Å²) >= 11 is 0. The number of benzene rings is 2. The molecule has 1 fully saturated rings. The maximum atomic E-state index is 13.1. The monoisotopic (exact) mass is 469 g/mol. The van der Waals surface area contributed by atoms with E-state index in [0.29, 0.717) is 50.6 Å². The average molecular weight is 470 g/mol. The molecule has 0 radical (unpaired) electrons. The summed E-state index contributed by atoms with van der Waals surface area (Å²) in [6, 6.07) is 12.6. The van der Waals surface area contributed by atoms with Crippen LogP contribution in [0.15, 0.2) is 53.6 Å². The topological polar surface area (TPSA) is 89.9 Å². The van der Waals surface area contributed by atoms with Gasteiger partial charge < -0.3 is 19.4 Å². The molecule has 1 saturated heterocycles. The third kappa shape index (κ3) is 4.18. The summed E-state index contributed by atoms with van der Waals surface area (Å²) in [4.78, 5) is 13.0. The van der Waals surface area contributed by atoms with Crippen LogP contribution in [-0.2, 0) is 21.4 Å². The van der Waals surface area contributed by atoms with Crippen LogP contribution in [-0.4, -0.2) is 49.5 Å². The smallest absolute Gasteiger partial charge is 0.243 e. The number of amides is 1. The van der Waals surface area contributed by atoms with E-state index >= 15 is 0 Å². The Kier molecular flexibility index (Phi) is 5.76. The first kappa shape index (κ1) is 21.8. The van der Waals surface area contributed by atoms with Gasteiger partial charge in [-0.1, -0.05) is 0 Å². The molecule has 3 heterocycles. The predicted molar refractivity (Wildman–Crippen MR) is 125 cm³/mol. The third-order valence-corrected chi connectivity index (χ3v) is 8.25. The number of fused-ring (bicyclic) bond motifs is 2. The molecule has 0 unspecified atom stereocenters. The molecule has 0 spiro atoms. The number of carbonyl (C=O) groups excluding carboxylic acids is 1. The second kappa shape index (κ2) is 8.72. The number of hydrogen-bond donors (Lipinski definition) is 1. The quantitative estimate of drug-likeness (QED) is 0.618. The summed E-state index contributed by atoms with van der Waals surface area (Å²) in [6.45, 7) is 4.43. The highest BCUT2D eigenvalue weighted by atomic mass is 32.2. The lowest BCUT2D eigenvalue weighted by atomic mass is 9.97. The van der Waals surface area contributed by atoms with E-state index in [1.807, 2.05) is 30.5 Å². The van der Waals surface area contributed by atoms with Gasteiger partial charge in [-0.2, -0.15) is 4.31 Å². The second-order valence-corrected chi connectivity index (χ2v) is 10.3. The van der Waals surface area contributed by atoms with Crippen molar-refractivity contribution in [2.45, 2.75) is 31.2 Å². The first-order chi connectivity index (χ1) is 16.0. The van der Waals surface area contributed by atoms with E-state index in [2.05, 4.69) is 16.8 Å². The largest absolute Gasteiger partial charge is 0.486 e. The van der Waals surface area contributed by atoms with Crippen LogP contribution in [0.25, 0.3) is 10.9 Å². The summed E-state index contributed by atoms with van der Waals surface area (Å²) < 4.78 is 40.8. The molecule has 8 nitrogen and oxygen atoms in total. The van der Waals surface area contributed by atoms with E-state index in [4.69, 9.17) is 9.47 Å². The number of nitrogens with one attached hydrogen (secondary N) is 1. The standard InChI is InChI=1S/C24H27N3O5S/c1-2-26-10-7-18-15-19(3-5-21(18)26)25-24(28)17-8-11-27(12-9-17)33(29,30)20-4-6-22-23(16-20)32-14-13-31-22/h3-7,10,15-17H,2,8-9,11-14H2,1H3,(H,25,28). The Morgan fingerprint density at radius 1 is 1.03 bits per heavy atom. The number of anilines is 1. The van der Waals surface area contributed by atoms with Gasteiger partial charge in [0.1, 0.15) is 13.2 Å². The lowest BCUT2D eigenvalue weighted by Gasteiger charge is -2.30. The maximum absolute atomic E-state index is 13.1. The van der Waals surface area contributed by atoms with E-state index in [1.54, 1.807) is 12.1 Å². The zero-order valence-electron chi connectivity index (χ0n) is 18.5. The van der Waals surface area contributed by atoms with Crippen LogP contribution in [0.2, 0.25) is 0 Å². The number of piperidine rings is 1. The average Bonchev–Trinajstić information content (AvgIpc) is 3.26. The highest BCUT2D eigenvalue weighted by Crippen LogP contribution is 2.34. The Hall–Kier alpha value is -3.04. The van der Waals surface area contributed by atoms with Crippen LogP contribution in [0.3, 0.4) is 0 Å². The first-order valence-electron chi connectivity index (χ1n) is 11.3. The molecule has 1 amide bonds. The lowest BCUT2D eigenvalue weighted by molar-refractivity contribution is -0.120. The number of hydrogen-bond acceptors (Lipinski definition) is 5. The Morgan fingerprint density at radius 3 is 2.55 bits per heavy atom. The predicted octanol–water partition coefficient (Wildman–Crippen LogP) is 3.47. The van der Waals surface area contributed by atoms with Gasteiger partial charge in [-0.15, -0.1) is 0 Å². The van der Waals surface area contributed by atoms with Crippen molar-refractivity contribution < 1.29 is 22.7 Å². The van der Waals surface area contributed by atoms with E-state index in [0.717, 1.165) is 23.1 Å². The summed E-state index contributed by atoms with van der Waals surface area (Å²) in [5.41, 5.74) is 1.89. The fourth-order valence-electron chi connectivity index (χ4n) is 4.49. The fourth-order valence-corrected chi connectivity index (χ4v) is 5.98. The van der Waals surface area contributed by atoms with Crippen LogP contribution in [0.1, 0.15) is 19.8 Å².